The van der Waals surface area contributed by atoms with Crippen molar-refractivity contribution in [1.29, 1.82) is 0 Å². The summed E-state index contributed by atoms with van der Waals surface area (Å²) in [5, 5.41) is 0.390. The maximum atomic E-state index is 12.7. The van der Waals surface area contributed by atoms with Crippen LogP contribution in [0, 0.1) is 0 Å². The standard InChI is InChI=1S/C16H24ClNO3S/c1-2-21-15-11-10-13(17)12-16(15)22(19,20)18-14-8-6-4-3-5-7-9-14/h10-12,14,18H,2-9H2,1H3. The van der Waals surface area contributed by atoms with Crippen molar-refractivity contribution in [3.63, 3.8) is 0 Å². The zero-order valence-electron chi connectivity index (χ0n) is 13.0. The van der Waals surface area contributed by atoms with Gasteiger partial charge in [0.2, 0.25) is 10.0 Å². The molecule has 0 bridgehead atoms. The van der Waals surface area contributed by atoms with Crippen LogP contribution >= 0.6 is 11.6 Å². The fourth-order valence-corrected chi connectivity index (χ4v) is 4.54. The Balaban J connectivity index is 2.19. The van der Waals surface area contributed by atoms with E-state index in [1.165, 1.54) is 25.3 Å². The van der Waals surface area contributed by atoms with Crippen LogP contribution in [-0.4, -0.2) is 21.1 Å². The first kappa shape index (κ1) is 17.6. The normalized spacial score (nSPS) is 17.7. The van der Waals surface area contributed by atoms with E-state index < -0.39 is 10.0 Å². The van der Waals surface area contributed by atoms with E-state index in [0.29, 0.717) is 17.4 Å². The van der Waals surface area contributed by atoms with Crippen LogP contribution in [0.15, 0.2) is 23.1 Å². The Hall–Kier alpha value is -0.780. The van der Waals surface area contributed by atoms with Gasteiger partial charge in [-0.25, -0.2) is 13.1 Å². The molecule has 0 aromatic heterocycles. The molecule has 0 spiro atoms. The summed E-state index contributed by atoms with van der Waals surface area (Å²) in [6, 6.07) is 4.70. The number of benzene rings is 1. The summed E-state index contributed by atoms with van der Waals surface area (Å²) < 4.78 is 33.7. The minimum atomic E-state index is -3.62. The highest BCUT2D eigenvalue weighted by atomic mass is 35.5. The predicted octanol–water partition coefficient (Wildman–Crippen LogP) is 4.13. The first-order valence-electron chi connectivity index (χ1n) is 7.97. The van der Waals surface area contributed by atoms with E-state index in [1.54, 1.807) is 12.1 Å². The van der Waals surface area contributed by atoms with Crippen molar-refractivity contribution in [2.75, 3.05) is 6.61 Å². The zero-order chi connectivity index (χ0) is 16.0. The van der Waals surface area contributed by atoms with Gasteiger partial charge in [0.25, 0.3) is 0 Å². The molecule has 0 radical (unpaired) electrons. The monoisotopic (exact) mass is 345 g/mol. The second-order valence-electron chi connectivity index (χ2n) is 5.69. The fraction of sp³-hybridized carbons (Fsp3) is 0.625. The van der Waals surface area contributed by atoms with Crippen LogP contribution in [0.5, 0.6) is 5.75 Å². The van der Waals surface area contributed by atoms with Gasteiger partial charge in [-0.15, -0.1) is 0 Å². The van der Waals surface area contributed by atoms with Crippen molar-refractivity contribution in [1.82, 2.24) is 4.72 Å². The quantitative estimate of drug-likeness (QED) is 0.872. The van der Waals surface area contributed by atoms with Gasteiger partial charge >= 0.3 is 0 Å². The summed E-state index contributed by atoms with van der Waals surface area (Å²) >= 11 is 5.97. The van der Waals surface area contributed by atoms with Crippen molar-refractivity contribution in [2.45, 2.75) is 62.8 Å². The molecule has 0 aliphatic heterocycles. The third kappa shape index (κ3) is 4.86. The largest absolute Gasteiger partial charge is 0.492 e. The van der Waals surface area contributed by atoms with Gasteiger partial charge in [-0.2, -0.15) is 0 Å². The molecule has 1 fully saturated rings. The highest BCUT2D eigenvalue weighted by Crippen LogP contribution is 2.28. The van der Waals surface area contributed by atoms with Crippen LogP contribution in [0.2, 0.25) is 5.02 Å². The van der Waals surface area contributed by atoms with E-state index in [0.717, 1.165) is 25.7 Å². The van der Waals surface area contributed by atoms with Crippen molar-refractivity contribution < 1.29 is 13.2 Å². The molecule has 0 unspecified atom stereocenters. The van der Waals surface area contributed by atoms with Gasteiger partial charge in [-0.1, -0.05) is 43.7 Å². The molecule has 1 aliphatic carbocycles. The van der Waals surface area contributed by atoms with Gasteiger partial charge in [0.15, 0.2) is 0 Å². The molecule has 0 amide bonds. The average Bonchev–Trinajstić information content (AvgIpc) is 2.44. The van der Waals surface area contributed by atoms with E-state index in [4.69, 9.17) is 16.3 Å². The molecule has 1 aromatic rings. The highest BCUT2D eigenvalue weighted by Gasteiger charge is 2.24. The molecule has 0 saturated heterocycles. The molecular weight excluding hydrogens is 322 g/mol. The van der Waals surface area contributed by atoms with Crippen molar-refractivity contribution in [2.24, 2.45) is 0 Å². The second kappa shape index (κ2) is 8.18. The Bertz CT molecular complexity index is 581. The SMILES string of the molecule is CCOc1ccc(Cl)cc1S(=O)(=O)NC1CCCCCCC1. The molecular formula is C16H24ClNO3S. The molecule has 0 heterocycles. The average molecular weight is 346 g/mol. The number of sulfonamides is 1. The van der Waals surface area contributed by atoms with Crippen LogP contribution in [0.3, 0.4) is 0 Å². The van der Waals surface area contributed by atoms with Crippen molar-refractivity contribution >= 4 is 21.6 Å². The summed E-state index contributed by atoms with van der Waals surface area (Å²) in [5.74, 6) is 0.352. The first-order valence-corrected chi connectivity index (χ1v) is 9.83. The summed E-state index contributed by atoms with van der Waals surface area (Å²) in [6.07, 6.45) is 7.54. The number of hydrogen-bond donors (Lipinski definition) is 1. The van der Waals surface area contributed by atoms with Crippen molar-refractivity contribution in [3.05, 3.63) is 23.2 Å². The Kier molecular flexibility index (Phi) is 6.53. The Morgan fingerprint density at radius 1 is 1.18 bits per heavy atom. The van der Waals surface area contributed by atoms with Gasteiger partial charge in [0, 0.05) is 11.1 Å². The number of halogens is 1. The molecule has 1 aromatic carbocycles. The molecule has 6 heteroatoms. The number of rotatable bonds is 5. The lowest BCUT2D eigenvalue weighted by molar-refractivity contribution is 0.330. The Morgan fingerprint density at radius 2 is 1.82 bits per heavy atom. The smallest absolute Gasteiger partial charge is 0.244 e. The minimum absolute atomic E-state index is 0.00115. The summed E-state index contributed by atoms with van der Waals surface area (Å²) in [5.41, 5.74) is 0. The lowest BCUT2D eigenvalue weighted by Crippen LogP contribution is -2.35. The van der Waals surface area contributed by atoms with Gasteiger partial charge in [-0.3, -0.25) is 0 Å². The molecule has 1 aliphatic rings. The Morgan fingerprint density at radius 3 is 2.45 bits per heavy atom. The molecule has 4 nitrogen and oxygen atoms in total. The molecule has 124 valence electrons. The number of ether oxygens (including phenoxy) is 1. The molecule has 1 saturated carbocycles. The number of hydrogen-bond acceptors (Lipinski definition) is 3. The van der Waals surface area contributed by atoms with Gasteiger partial charge in [-0.05, 0) is 38.0 Å². The molecule has 0 atom stereocenters. The lowest BCUT2D eigenvalue weighted by atomic mass is 9.97. The maximum Gasteiger partial charge on any atom is 0.244 e. The van der Waals surface area contributed by atoms with Crippen LogP contribution in [-0.2, 0) is 10.0 Å². The molecule has 2 rings (SSSR count). The predicted molar refractivity (Wildman–Crippen MR) is 89.0 cm³/mol. The van der Waals surface area contributed by atoms with Crippen LogP contribution in [0.25, 0.3) is 0 Å². The summed E-state index contributed by atoms with van der Waals surface area (Å²) in [4.78, 5) is 0.129. The lowest BCUT2D eigenvalue weighted by Gasteiger charge is -2.21. The zero-order valence-corrected chi connectivity index (χ0v) is 14.5. The topological polar surface area (TPSA) is 55.4 Å². The minimum Gasteiger partial charge on any atom is -0.492 e. The van der Waals surface area contributed by atoms with E-state index in [1.807, 2.05) is 6.92 Å². The third-order valence-electron chi connectivity index (χ3n) is 3.92. The maximum absolute atomic E-state index is 12.7. The molecule has 22 heavy (non-hydrogen) atoms. The fourth-order valence-electron chi connectivity index (χ4n) is 2.82. The van der Waals surface area contributed by atoms with Crippen LogP contribution in [0.4, 0.5) is 0 Å². The van der Waals surface area contributed by atoms with Crippen LogP contribution < -0.4 is 9.46 Å². The Labute approximate surface area is 138 Å². The van der Waals surface area contributed by atoms with E-state index in [-0.39, 0.29) is 10.9 Å². The van der Waals surface area contributed by atoms with E-state index in [2.05, 4.69) is 4.72 Å². The highest BCUT2D eigenvalue weighted by molar-refractivity contribution is 7.89. The first-order chi connectivity index (χ1) is 10.5. The van der Waals surface area contributed by atoms with Crippen LogP contribution in [0.1, 0.15) is 51.9 Å². The second-order valence-corrected chi connectivity index (χ2v) is 7.81. The third-order valence-corrected chi connectivity index (χ3v) is 5.70. The van der Waals surface area contributed by atoms with Gasteiger partial charge < -0.3 is 4.74 Å². The molecule has 1 N–H and O–H groups in total. The van der Waals surface area contributed by atoms with E-state index in [9.17, 15) is 8.42 Å². The van der Waals surface area contributed by atoms with Gasteiger partial charge in [0.1, 0.15) is 10.6 Å². The van der Waals surface area contributed by atoms with Gasteiger partial charge in [0.05, 0.1) is 6.61 Å². The summed E-state index contributed by atoms with van der Waals surface area (Å²) in [7, 11) is -3.62. The van der Waals surface area contributed by atoms with E-state index >= 15 is 0 Å². The van der Waals surface area contributed by atoms with Crippen molar-refractivity contribution in [3.8, 4) is 5.75 Å². The summed E-state index contributed by atoms with van der Waals surface area (Å²) in [6.45, 7) is 2.24. The number of nitrogens with one attached hydrogen (secondary N) is 1.